The number of amides is 1. The number of alkyl halides is 1. The maximum Gasteiger partial charge on any atom is 0.254 e. The van der Waals surface area contributed by atoms with Crippen molar-refractivity contribution in [3.05, 3.63) is 29.8 Å². The lowest BCUT2D eigenvalue weighted by atomic mass is 10.0. The summed E-state index contributed by atoms with van der Waals surface area (Å²) in [6, 6.07) is 7.19. The maximum absolute atomic E-state index is 12.3. The standard InChI is InChI=1S/C15H22ClNO2/c1-11(2)19-13-8-6-12(7-9-13)14(18)17(5)15(3,4)10-16/h6-9,11H,10H2,1-5H3. The van der Waals surface area contributed by atoms with E-state index in [1.54, 1.807) is 24.1 Å². The van der Waals surface area contributed by atoms with Crippen molar-refractivity contribution in [3.63, 3.8) is 0 Å². The monoisotopic (exact) mass is 283 g/mol. The molecule has 0 unspecified atom stereocenters. The summed E-state index contributed by atoms with van der Waals surface area (Å²) >= 11 is 5.89. The van der Waals surface area contributed by atoms with Crippen molar-refractivity contribution in [3.8, 4) is 5.75 Å². The highest BCUT2D eigenvalue weighted by Crippen LogP contribution is 2.19. The molecule has 0 spiro atoms. The number of hydrogen-bond donors (Lipinski definition) is 0. The summed E-state index contributed by atoms with van der Waals surface area (Å²) < 4.78 is 5.55. The van der Waals surface area contributed by atoms with E-state index in [-0.39, 0.29) is 17.6 Å². The largest absolute Gasteiger partial charge is 0.491 e. The first kappa shape index (κ1) is 15.8. The summed E-state index contributed by atoms with van der Waals surface area (Å²) in [7, 11) is 1.77. The van der Waals surface area contributed by atoms with Gasteiger partial charge in [0.25, 0.3) is 5.91 Å². The molecule has 0 atom stereocenters. The molecule has 19 heavy (non-hydrogen) atoms. The Morgan fingerprint density at radius 3 is 2.26 bits per heavy atom. The second-order valence-corrected chi connectivity index (χ2v) is 5.77. The molecule has 0 bridgehead atoms. The lowest BCUT2D eigenvalue weighted by Crippen LogP contribution is -2.46. The molecule has 0 fully saturated rings. The van der Waals surface area contributed by atoms with Crippen molar-refractivity contribution in [2.75, 3.05) is 12.9 Å². The average molecular weight is 284 g/mol. The molecule has 0 aliphatic rings. The predicted molar refractivity (Wildman–Crippen MR) is 79.1 cm³/mol. The van der Waals surface area contributed by atoms with E-state index in [1.807, 2.05) is 39.8 Å². The molecule has 0 aromatic heterocycles. The molecule has 0 aliphatic heterocycles. The maximum atomic E-state index is 12.3. The van der Waals surface area contributed by atoms with Gasteiger partial charge in [0.1, 0.15) is 5.75 Å². The van der Waals surface area contributed by atoms with E-state index >= 15 is 0 Å². The van der Waals surface area contributed by atoms with Crippen molar-refractivity contribution in [1.82, 2.24) is 4.90 Å². The lowest BCUT2D eigenvalue weighted by Gasteiger charge is -2.34. The number of rotatable bonds is 5. The van der Waals surface area contributed by atoms with Gasteiger partial charge >= 0.3 is 0 Å². The summed E-state index contributed by atoms with van der Waals surface area (Å²) in [6.07, 6.45) is 0.124. The second-order valence-electron chi connectivity index (χ2n) is 5.50. The summed E-state index contributed by atoms with van der Waals surface area (Å²) in [6.45, 7) is 7.81. The van der Waals surface area contributed by atoms with Crippen LogP contribution in [-0.4, -0.2) is 35.4 Å². The van der Waals surface area contributed by atoms with Crippen LogP contribution < -0.4 is 4.74 Å². The molecule has 4 heteroatoms. The molecule has 1 rings (SSSR count). The Labute approximate surface area is 120 Å². The van der Waals surface area contributed by atoms with Gasteiger partial charge in [-0.2, -0.15) is 0 Å². The fraction of sp³-hybridized carbons (Fsp3) is 0.533. The van der Waals surface area contributed by atoms with Gasteiger partial charge in [-0.15, -0.1) is 11.6 Å². The first-order chi connectivity index (χ1) is 8.77. The second kappa shape index (κ2) is 6.29. The van der Waals surface area contributed by atoms with Gasteiger partial charge in [0.05, 0.1) is 11.6 Å². The van der Waals surface area contributed by atoms with Crippen LogP contribution in [0.1, 0.15) is 38.1 Å². The fourth-order valence-corrected chi connectivity index (χ4v) is 1.69. The van der Waals surface area contributed by atoms with Crippen molar-refractivity contribution < 1.29 is 9.53 Å². The lowest BCUT2D eigenvalue weighted by molar-refractivity contribution is 0.0660. The van der Waals surface area contributed by atoms with Crippen LogP contribution in [0.5, 0.6) is 5.75 Å². The van der Waals surface area contributed by atoms with Crippen molar-refractivity contribution in [2.24, 2.45) is 0 Å². The molecule has 0 saturated heterocycles. The van der Waals surface area contributed by atoms with E-state index in [2.05, 4.69) is 0 Å². The summed E-state index contributed by atoms with van der Waals surface area (Å²) in [5.74, 6) is 1.12. The van der Waals surface area contributed by atoms with Crippen LogP contribution in [0.15, 0.2) is 24.3 Å². The molecule has 0 heterocycles. The van der Waals surface area contributed by atoms with Crippen LogP contribution in [0, 0.1) is 0 Å². The number of halogens is 1. The van der Waals surface area contributed by atoms with Crippen LogP contribution in [0.2, 0.25) is 0 Å². The zero-order valence-corrected chi connectivity index (χ0v) is 13.0. The van der Waals surface area contributed by atoms with Crippen LogP contribution in [0.25, 0.3) is 0 Å². The zero-order valence-electron chi connectivity index (χ0n) is 12.2. The fourth-order valence-electron chi connectivity index (χ4n) is 1.51. The highest BCUT2D eigenvalue weighted by atomic mass is 35.5. The first-order valence-electron chi connectivity index (χ1n) is 6.39. The molecule has 0 radical (unpaired) electrons. The van der Waals surface area contributed by atoms with Gasteiger partial charge in [-0.3, -0.25) is 4.79 Å². The number of ether oxygens (including phenoxy) is 1. The van der Waals surface area contributed by atoms with E-state index < -0.39 is 0 Å². The van der Waals surface area contributed by atoms with Gasteiger partial charge in [0.2, 0.25) is 0 Å². The quantitative estimate of drug-likeness (QED) is 0.773. The number of carbonyl (C=O) groups excluding carboxylic acids is 1. The third-order valence-corrected chi connectivity index (χ3v) is 3.67. The van der Waals surface area contributed by atoms with Crippen molar-refractivity contribution >= 4 is 17.5 Å². The van der Waals surface area contributed by atoms with E-state index in [9.17, 15) is 4.79 Å². The van der Waals surface area contributed by atoms with Gasteiger partial charge in [0, 0.05) is 18.5 Å². The number of hydrogen-bond acceptors (Lipinski definition) is 2. The molecule has 1 aromatic rings. The van der Waals surface area contributed by atoms with E-state index in [1.165, 1.54) is 0 Å². The molecular formula is C15H22ClNO2. The average Bonchev–Trinajstić information content (AvgIpc) is 2.37. The highest BCUT2D eigenvalue weighted by Gasteiger charge is 2.27. The van der Waals surface area contributed by atoms with Crippen LogP contribution in [0.3, 0.4) is 0 Å². The van der Waals surface area contributed by atoms with Crippen LogP contribution >= 0.6 is 11.6 Å². The van der Waals surface area contributed by atoms with Gasteiger partial charge in [-0.1, -0.05) is 0 Å². The molecule has 0 saturated carbocycles. The summed E-state index contributed by atoms with van der Waals surface area (Å²) in [5, 5.41) is 0. The van der Waals surface area contributed by atoms with Crippen molar-refractivity contribution in [2.45, 2.75) is 39.3 Å². The molecular weight excluding hydrogens is 262 g/mol. The number of carbonyl (C=O) groups is 1. The van der Waals surface area contributed by atoms with Gasteiger partial charge in [0.15, 0.2) is 0 Å². The first-order valence-corrected chi connectivity index (χ1v) is 6.92. The highest BCUT2D eigenvalue weighted by molar-refractivity contribution is 6.18. The molecule has 3 nitrogen and oxygen atoms in total. The predicted octanol–water partition coefficient (Wildman–Crippen LogP) is 3.56. The number of benzene rings is 1. The van der Waals surface area contributed by atoms with Crippen LogP contribution in [-0.2, 0) is 0 Å². The van der Waals surface area contributed by atoms with Gasteiger partial charge < -0.3 is 9.64 Å². The van der Waals surface area contributed by atoms with Gasteiger partial charge in [-0.05, 0) is 52.0 Å². The SMILES string of the molecule is CC(C)Oc1ccc(C(=O)N(C)C(C)(C)CCl)cc1. The molecule has 1 aromatic carbocycles. The third-order valence-electron chi connectivity index (χ3n) is 3.01. The smallest absolute Gasteiger partial charge is 0.254 e. The third kappa shape index (κ3) is 4.13. The topological polar surface area (TPSA) is 29.5 Å². The minimum Gasteiger partial charge on any atom is -0.491 e. The Morgan fingerprint density at radius 2 is 1.84 bits per heavy atom. The Morgan fingerprint density at radius 1 is 1.32 bits per heavy atom. The Hall–Kier alpha value is -1.22. The van der Waals surface area contributed by atoms with Crippen LogP contribution in [0.4, 0.5) is 0 Å². The Bertz CT molecular complexity index is 426. The number of nitrogens with zero attached hydrogens (tertiary/aromatic N) is 1. The summed E-state index contributed by atoms with van der Waals surface area (Å²) in [5.41, 5.74) is 0.267. The van der Waals surface area contributed by atoms with E-state index in [0.717, 1.165) is 5.75 Å². The zero-order chi connectivity index (χ0) is 14.6. The minimum absolute atomic E-state index is 0.0400. The molecule has 0 N–H and O–H groups in total. The normalized spacial score (nSPS) is 11.5. The minimum atomic E-state index is -0.369. The summed E-state index contributed by atoms with van der Waals surface area (Å²) in [4.78, 5) is 14.0. The molecule has 106 valence electrons. The Kier molecular flexibility index (Phi) is 5.24. The van der Waals surface area contributed by atoms with Crippen molar-refractivity contribution in [1.29, 1.82) is 0 Å². The van der Waals surface area contributed by atoms with E-state index in [4.69, 9.17) is 16.3 Å². The Balaban J connectivity index is 2.84. The van der Waals surface area contributed by atoms with Gasteiger partial charge in [-0.25, -0.2) is 0 Å². The molecule has 0 aliphatic carbocycles. The van der Waals surface area contributed by atoms with E-state index in [0.29, 0.717) is 11.4 Å². The molecule has 1 amide bonds.